The number of para-hydroxylation sites is 4. The fraction of sp³-hybridized carbons (Fsp3) is 0.154. The van der Waals surface area contributed by atoms with Gasteiger partial charge in [0.15, 0.2) is 0 Å². The first-order valence-electron chi connectivity index (χ1n) is 10.4. The number of amides is 2. The lowest BCUT2D eigenvalue weighted by Crippen LogP contribution is -2.34. The van der Waals surface area contributed by atoms with Crippen LogP contribution in [0.15, 0.2) is 84.6 Å². The molecule has 3 aromatic rings. The average Bonchev–Trinajstić information content (AvgIpc) is 3.09. The van der Waals surface area contributed by atoms with Crippen molar-refractivity contribution < 1.29 is 19.1 Å². The predicted octanol–water partition coefficient (Wildman–Crippen LogP) is 4.51. The van der Waals surface area contributed by atoms with Crippen molar-refractivity contribution >= 4 is 28.8 Å². The van der Waals surface area contributed by atoms with Crippen LogP contribution in [0.25, 0.3) is 5.57 Å². The van der Waals surface area contributed by atoms with Gasteiger partial charge < -0.3 is 14.4 Å². The summed E-state index contributed by atoms with van der Waals surface area (Å²) in [5, 5.41) is 0. The highest BCUT2D eigenvalue weighted by Gasteiger charge is 2.43. The summed E-state index contributed by atoms with van der Waals surface area (Å²) in [6.45, 7) is 2.27. The van der Waals surface area contributed by atoms with E-state index in [2.05, 4.69) is 0 Å². The molecule has 1 aliphatic heterocycles. The highest BCUT2D eigenvalue weighted by atomic mass is 16.5. The molecule has 0 atom stereocenters. The van der Waals surface area contributed by atoms with Crippen molar-refractivity contribution in [1.82, 2.24) is 0 Å². The molecule has 1 aliphatic rings. The molecular formula is C26H24N2O4. The van der Waals surface area contributed by atoms with E-state index in [0.29, 0.717) is 29.4 Å². The van der Waals surface area contributed by atoms with Gasteiger partial charge in [-0.1, -0.05) is 48.5 Å². The number of carbonyl (C=O) groups excluding carboxylic acids is 2. The van der Waals surface area contributed by atoms with Crippen LogP contribution in [0.4, 0.5) is 11.4 Å². The third-order valence-corrected chi connectivity index (χ3v) is 5.32. The van der Waals surface area contributed by atoms with Crippen molar-refractivity contribution in [3.8, 4) is 11.5 Å². The Hall–Kier alpha value is -4.06. The standard InChI is InChI=1S/C26H24N2O4/c1-4-32-22-17-11-9-15-20(22)28-25(29)23(19-14-8-10-16-21(19)31-3)24(26(28)30)27(2)18-12-6-5-7-13-18/h5-17H,4H2,1-3H3. The van der Waals surface area contributed by atoms with Crippen molar-refractivity contribution in [2.45, 2.75) is 6.92 Å². The van der Waals surface area contributed by atoms with Gasteiger partial charge in [0.25, 0.3) is 11.8 Å². The first-order valence-corrected chi connectivity index (χ1v) is 10.4. The Morgan fingerprint density at radius 3 is 2.12 bits per heavy atom. The fourth-order valence-electron chi connectivity index (χ4n) is 3.84. The maximum absolute atomic E-state index is 13.8. The summed E-state index contributed by atoms with van der Waals surface area (Å²) >= 11 is 0. The number of imide groups is 1. The molecule has 162 valence electrons. The van der Waals surface area contributed by atoms with E-state index in [4.69, 9.17) is 9.47 Å². The fourth-order valence-corrected chi connectivity index (χ4v) is 3.84. The highest BCUT2D eigenvalue weighted by Crippen LogP contribution is 2.41. The smallest absolute Gasteiger partial charge is 0.282 e. The van der Waals surface area contributed by atoms with Crippen molar-refractivity contribution in [2.24, 2.45) is 0 Å². The lowest BCUT2D eigenvalue weighted by molar-refractivity contribution is -0.120. The van der Waals surface area contributed by atoms with E-state index < -0.39 is 11.8 Å². The average molecular weight is 428 g/mol. The third kappa shape index (κ3) is 3.60. The summed E-state index contributed by atoms with van der Waals surface area (Å²) in [5.41, 5.74) is 2.31. The predicted molar refractivity (Wildman–Crippen MR) is 125 cm³/mol. The lowest BCUT2D eigenvalue weighted by Gasteiger charge is -2.22. The van der Waals surface area contributed by atoms with Crippen LogP contribution in [0, 0.1) is 0 Å². The maximum atomic E-state index is 13.8. The van der Waals surface area contributed by atoms with Crippen molar-refractivity contribution in [3.63, 3.8) is 0 Å². The molecule has 0 fully saturated rings. The molecule has 32 heavy (non-hydrogen) atoms. The second-order valence-electron chi connectivity index (χ2n) is 7.16. The minimum Gasteiger partial charge on any atom is -0.496 e. The molecule has 0 bridgehead atoms. The Bertz CT molecular complexity index is 1190. The maximum Gasteiger partial charge on any atom is 0.282 e. The van der Waals surface area contributed by atoms with Crippen molar-refractivity contribution in [3.05, 3.63) is 90.1 Å². The number of likely N-dealkylation sites (N-methyl/N-ethyl adjacent to an activating group) is 1. The molecule has 0 N–H and O–H groups in total. The van der Waals surface area contributed by atoms with Gasteiger partial charge in [-0.15, -0.1) is 0 Å². The van der Waals surface area contributed by atoms with Crippen LogP contribution in [0.3, 0.4) is 0 Å². The number of rotatable bonds is 7. The van der Waals surface area contributed by atoms with Gasteiger partial charge in [0, 0.05) is 18.3 Å². The molecule has 4 rings (SSSR count). The third-order valence-electron chi connectivity index (χ3n) is 5.32. The first kappa shape index (κ1) is 21.2. The van der Waals surface area contributed by atoms with E-state index in [1.165, 1.54) is 4.90 Å². The summed E-state index contributed by atoms with van der Waals surface area (Å²) in [5.74, 6) is 0.140. The molecule has 2 amide bonds. The molecular weight excluding hydrogens is 404 g/mol. The zero-order valence-electron chi connectivity index (χ0n) is 18.2. The summed E-state index contributed by atoms with van der Waals surface area (Å²) in [4.78, 5) is 30.5. The van der Waals surface area contributed by atoms with E-state index in [1.807, 2.05) is 55.5 Å². The van der Waals surface area contributed by atoms with Crippen LogP contribution < -0.4 is 19.3 Å². The van der Waals surface area contributed by atoms with Crippen LogP contribution in [-0.2, 0) is 9.59 Å². The SMILES string of the molecule is CCOc1ccccc1N1C(=O)C(c2ccccc2OC)=C(N(C)c2ccccc2)C1=O. The number of benzene rings is 3. The van der Waals surface area contributed by atoms with Gasteiger partial charge >= 0.3 is 0 Å². The number of anilines is 2. The quantitative estimate of drug-likeness (QED) is 0.518. The normalized spacial score (nSPS) is 13.5. The minimum absolute atomic E-state index is 0.275. The molecule has 0 saturated carbocycles. The van der Waals surface area contributed by atoms with E-state index in [1.54, 1.807) is 49.4 Å². The van der Waals surface area contributed by atoms with E-state index >= 15 is 0 Å². The second-order valence-corrected chi connectivity index (χ2v) is 7.16. The molecule has 0 aliphatic carbocycles. The minimum atomic E-state index is -0.426. The van der Waals surface area contributed by atoms with Gasteiger partial charge in [0.1, 0.15) is 17.2 Å². The van der Waals surface area contributed by atoms with E-state index in [-0.39, 0.29) is 11.3 Å². The van der Waals surface area contributed by atoms with Crippen LogP contribution in [0.5, 0.6) is 11.5 Å². The van der Waals surface area contributed by atoms with Gasteiger partial charge in [-0.25, -0.2) is 4.90 Å². The Labute approximate surface area is 187 Å². The first-order chi connectivity index (χ1) is 15.6. The van der Waals surface area contributed by atoms with Gasteiger partial charge in [0.2, 0.25) is 0 Å². The second kappa shape index (κ2) is 8.98. The molecule has 6 heteroatoms. The van der Waals surface area contributed by atoms with Crippen LogP contribution in [0.2, 0.25) is 0 Å². The Kier molecular flexibility index (Phi) is 5.94. The summed E-state index contributed by atoms with van der Waals surface area (Å²) in [6.07, 6.45) is 0. The molecule has 0 aromatic heterocycles. The van der Waals surface area contributed by atoms with E-state index in [0.717, 1.165) is 5.69 Å². The molecule has 0 unspecified atom stereocenters. The van der Waals surface area contributed by atoms with E-state index in [9.17, 15) is 9.59 Å². The molecule has 6 nitrogen and oxygen atoms in total. The van der Waals surface area contributed by atoms with Crippen LogP contribution in [0.1, 0.15) is 12.5 Å². The largest absolute Gasteiger partial charge is 0.496 e. The Morgan fingerprint density at radius 2 is 1.44 bits per heavy atom. The number of carbonyl (C=O) groups is 2. The van der Waals surface area contributed by atoms with Crippen molar-refractivity contribution in [2.75, 3.05) is 30.6 Å². The highest BCUT2D eigenvalue weighted by molar-refractivity contribution is 6.46. The van der Waals surface area contributed by atoms with Crippen LogP contribution in [-0.4, -0.2) is 32.6 Å². The number of nitrogens with zero attached hydrogens (tertiary/aromatic N) is 2. The summed E-state index contributed by atoms with van der Waals surface area (Å²) in [7, 11) is 3.33. The zero-order chi connectivity index (χ0) is 22.7. The topological polar surface area (TPSA) is 59.1 Å². The van der Waals surface area contributed by atoms with Crippen LogP contribution >= 0.6 is 0 Å². The van der Waals surface area contributed by atoms with Gasteiger partial charge in [-0.05, 0) is 37.3 Å². The number of hydrogen-bond donors (Lipinski definition) is 0. The number of hydrogen-bond acceptors (Lipinski definition) is 5. The summed E-state index contributed by atoms with van der Waals surface area (Å²) in [6, 6.07) is 23.7. The van der Waals surface area contributed by atoms with Gasteiger partial charge in [-0.3, -0.25) is 9.59 Å². The Balaban J connectivity index is 1.92. The molecule has 0 radical (unpaired) electrons. The molecule has 0 spiro atoms. The number of methoxy groups -OCH3 is 1. The monoisotopic (exact) mass is 428 g/mol. The lowest BCUT2D eigenvalue weighted by atomic mass is 10.0. The molecule has 3 aromatic carbocycles. The molecule has 0 saturated heterocycles. The zero-order valence-corrected chi connectivity index (χ0v) is 18.2. The Morgan fingerprint density at radius 1 is 0.812 bits per heavy atom. The van der Waals surface area contributed by atoms with Gasteiger partial charge in [-0.2, -0.15) is 0 Å². The number of ether oxygens (including phenoxy) is 2. The van der Waals surface area contributed by atoms with Gasteiger partial charge in [0.05, 0.1) is 25.0 Å². The van der Waals surface area contributed by atoms with Crippen molar-refractivity contribution in [1.29, 1.82) is 0 Å². The molecule has 1 heterocycles. The summed E-state index contributed by atoms with van der Waals surface area (Å²) < 4.78 is 11.2.